The van der Waals surface area contributed by atoms with Gasteiger partial charge in [-0.15, -0.1) is 0 Å². The van der Waals surface area contributed by atoms with Crippen molar-refractivity contribution in [3.8, 4) is 0 Å². The van der Waals surface area contributed by atoms with E-state index in [-0.39, 0.29) is 28.7 Å². The first kappa shape index (κ1) is 15.9. The number of nitrogens with zero attached hydrogens (tertiary/aromatic N) is 2. The van der Waals surface area contributed by atoms with Crippen LogP contribution in [0.5, 0.6) is 0 Å². The van der Waals surface area contributed by atoms with E-state index >= 15 is 0 Å². The van der Waals surface area contributed by atoms with E-state index in [0.29, 0.717) is 30.6 Å². The Bertz CT molecular complexity index is 617. The lowest BCUT2D eigenvalue weighted by molar-refractivity contribution is -0.385. The molecule has 1 saturated heterocycles. The molecule has 6 heteroatoms. The first-order valence-electron chi connectivity index (χ1n) is 8.28. The first-order chi connectivity index (χ1) is 11.1. The van der Waals surface area contributed by atoms with Crippen molar-refractivity contribution in [2.45, 2.75) is 57.7 Å². The number of hydrogen-bond donors (Lipinski definition) is 0. The Kier molecular flexibility index (Phi) is 4.61. The molecule has 0 bridgehead atoms. The number of hydrogen-bond acceptors (Lipinski definition) is 4. The lowest BCUT2D eigenvalue weighted by Gasteiger charge is -2.29. The Balaban J connectivity index is 1.71. The zero-order valence-corrected chi connectivity index (χ0v) is 13.4. The van der Waals surface area contributed by atoms with Crippen LogP contribution in [0.1, 0.15) is 44.6 Å². The Morgan fingerprint density at radius 3 is 2.96 bits per heavy atom. The van der Waals surface area contributed by atoms with Gasteiger partial charge in [-0.1, -0.05) is 6.07 Å². The van der Waals surface area contributed by atoms with Gasteiger partial charge in [-0.25, -0.2) is 0 Å². The summed E-state index contributed by atoms with van der Waals surface area (Å²) in [7, 11) is 0. The van der Waals surface area contributed by atoms with E-state index in [1.54, 1.807) is 11.0 Å². The quantitative estimate of drug-likeness (QED) is 0.631. The second-order valence-electron chi connectivity index (χ2n) is 6.37. The zero-order chi connectivity index (χ0) is 16.4. The molecule has 1 amide bonds. The lowest BCUT2D eigenvalue weighted by atomic mass is 9.99. The predicted molar refractivity (Wildman–Crippen MR) is 86.6 cm³/mol. The third kappa shape index (κ3) is 3.37. The molecule has 0 radical (unpaired) electrons. The molecule has 1 aromatic carbocycles. The van der Waals surface area contributed by atoms with Gasteiger partial charge in [0.1, 0.15) is 0 Å². The van der Waals surface area contributed by atoms with E-state index in [1.165, 1.54) is 6.07 Å². The number of carbonyl (C=O) groups excluding carboxylic acids is 1. The number of benzene rings is 1. The molecule has 6 nitrogen and oxygen atoms in total. The summed E-state index contributed by atoms with van der Waals surface area (Å²) in [5.74, 6) is 0.0367. The van der Waals surface area contributed by atoms with Crippen LogP contribution in [0.4, 0.5) is 11.4 Å². The van der Waals surface area contributed by atoms with Gasteiger partial charge in [0.2, 0.25) is 5.91 Å². The van der Waals surface area contributed by atoms with Gasteiger partial charge in [0.25, 0.3) is 5.69 Å². The highest BCUT2D eigenvalue weighted by atomic mass is 16.6. The van der Waals surface area contributed by atoms with E-state index in [4.69, 9.17) is 4.74 Å². The van der Waals surface area contributed by atoms with Crippen LogP contribution in [0, 0.1) is 10.1 Å². The molecule has 0 N–H and O–H groups in total. The molecule has 0 saturated carbocycles. The summed E-state index contributed by atoms with van der Waals surface area (Å²) < 4.78 is 5.76. The fraction of sp³-hybridized carbons (Fsp3) is 0.588. The average molecular weight is 318 g/mol. The molecule has 0 unspecified atom stereocenters. The molecular formula is C17H22N2O4. The highest BCUT2D eigenvalue weighted by Gasteiger charge is 2.29. The van der Waals surface area contributed by atoms with E-state index < -0.39 is 0 Å². The van der Waals surface area contributed by atoms with Crippen LogP contribution < -0.4 is 4.90 Å². The van der Waals surface area contributed by atoms with E-state index in [2.05, 4.69) is 6.92 Å². The van der Waals surface area contributed by atoms with Crippen molar-refractivity contribution in [2.75, 3.05) is 11.4 Å². The number of carbonyl (C=O) groups is 1. The standard InChI is InChI=1S/C17H22N2O4/c1-12-7-8-13(23-12)9-10-17(20)18-11-3-4-14-15(18)5-2-6-16(14)19(21)22/h2,5-6,12-13H,3-4,7-11H2,1H3/t12-,13+/m1/s1. The SMILES string of the molecule is C[C@@H]1CC[C@@H](CCC(=O)N2CCCc3c2cccc3[N+](=O)[O-])O1. The number of nitro groups is 1. The van der Waals surface area contributed by atoms with Gasteiger partial charge in [-0.3, -0.25) is 14.9 Å². The molecule has 2 aliphatic rings. The summed E-state index contributed by atoms with van der Waals surface area (Å²) >= 11 is 0. The number of rotatable bonds is 4. The highest BCUT2D eigenvalue weighted by molar-refractivity contribution is 5.95. The van der Waals surface area contributed by atoms with E-state index in [1.807, 2.05) is 6.07 Å². The molecule has 1 aromatic rings. The van der Waals surface area contributed by atoms with Crippen molar-refractivity contribution in [2.24, 2.45) is 0 Å². The number of amides is 1. The van der Waals surface area contributed by atoms with Crippen molar-refractivity contribution in [1.82, 2.24) is 0 Å². The van der Waals surface area contributed by atoms with Gasteiger partial charge >= 0.3 is 0 Å². The van der Waals surface area contributed by atoms with Crippen molar-refractivity contribution >= 4 is 17.3 Å². The van der Waals surface area contributed by atoms with E-state index in [9.17, 15) is 14.9 Å². The third-order valence-electron chi connectivity index (χ3n) is 4.72. The van der Waals surface area contributed by atoms with Crippen molar-refractivity contribution in [3.05, 3.63) is 33.9 Å². The third-order valence-corrected chi connectivity index (χ3v) is 4.72. The summed E-state index contributed by atoms with van der Waals surface area (Å²) in [6.07, 6.45) is 5.09. The Hall–Kier alpha value is -1.95. The largest absolute Gasteiger partial charge is 0.375 e. The molecule has 2 aliphatic heterocycles. The van der Waals surface area contributed by atoms with Crippen molar-refractivity contribution in [3.63, 3.8) is 0 Å². The molecule has 23 heavy (non-hydrogen) atoms. The van der Waals surface area contributed by atoms with Crippen molar-refractivity contribution < 1.29 is 14.5 Å². The Morgan fingerprint density at radius 1 is 1.43 bits per heavy atom. The fourth-order valence-electron chi connectivity index (χ4n) is 3.55. The second kappa shape index (κ2) is 6.66. The van der Waals surface area contributed by atoms with Gasteiger partial charge in [0.05, 0.1) is 28.4 Å². The smallest absolute Gasteiger partial charge is 0.274 e. The minimum Gasteiger partial charge on any atom is -0.375 e. The maximum atomic E-state index is 12.6. The number of anilines is 1. The number of nitro benzene ring substituents is 1. The average Bonchev–Trinajstić information content (AvgIpc) is 2.96. The van der Waals surface area contributed by atoms with Crippen LogP contribution in [-0.2, 0) is 16.0 Å². The van der Waals surface area contributed by atoms with Crippen LogP contribution in [0.3, 0.4) is 0 Å². The van der Waals surface area contributed by atoms with E-state index in [0.717, 1.165) is 25.7 Å². The minimum absolute atomic E-state index is 0.0367. The fourth-order valence-corrected chi connectivity index (χ4v) is 3.55. The van der Waals surface area contributed by atoms with Gasteiger partial charge in [0.15, 0.2) is 0 Å². The van der Waals surface area contributed by atoms with Crippen LogP contribution >= 0.6 is 0 Å². The minimum atomic E-state index is -0.361. The summed E-state index contributed by atoms with van der Waals surface area (Å²) in [6, 6.07) is 4.98. The van der Waals surface area contributed by atoms with Crippen LogP contribution in [0.2, 0.25) is 0 Å². The highest BCUT2D eigenvalue weighted by Crippen LogP contribution is 2.34. The lowest BCUT2D eigenvalue weighted by Crippen LogP contribution is -2.36. The van der Waals surface area contributed by atoms with Gasteiger partial charge in [-0.2, -0.15) is 0 Å². The van der Waals surface area contributed by atoms with Crippen molar-refractivity contribution in [1.29, 1.82) is 0 Å². The maximum Gasteiger partial charge on any atom is 0.274 e. The summed E-state index contributed by atoms with van der Waals surface area (Å²) in [5.41, 5.74) is 1.51. The van der Waals surface area contributed by atoms with Gasteiger partial charge in [0, 0.05) is 19.0 Å². The molecule has 0 aliphatic carbocycles. The zero-order valence-electron chi connectivity index (χ0n) is 13.4. The number of ether oxygens (including phenoxy) is 1. The molecule has 2 atom stereocenters. The summed E-state index contributed by atoms with van der Waals surface area (Å²) in [4.78, 5) is 25.1. The molecular weight excluding hydrogens is 296 g/mol. The molecule has 3 rings (SSSR count). The topological polar surface area (TPSA) is 72.7 Å². The van der Waals surface area contributed by atoms with Crippen LogP contribution in [-0.4, -0.2) is 29.6 Å². The predicted octanol–water partition coefficient (Wildman–Crippen LogP) is 3.22. The first-order valence-corrected chi connectivity index (χ1v) is 8.28. The van der Waals surface area contributed by atoms with Crippen LogP contribution in [0.25, 0.3) is 0 Å². The normalized spacial score (nSPS) is 23.6. The molecule has 0 spiro atoms. The van der Waals surface area contributed by atoms with Gasteiger partial charge < -0.3 is 9.64 Å². The monoisotopic (exact) mass is 318 g/mol. The Labute approximate surface area is 135 Å². The summed E-state index contributed by atoms with van der Waals surface area (Å²) in [6.45, 7) is 2.69. The maximum absolute atomic E-state index is 12.6. The van der Waals surface area contributed by atoms with Crippen LogP contribution in [0.15, 0.2) is 18.2 Å². The molecule has 1 fully saturated rings. The molecule has 0 aromatic heterocycles. The number of fused-ring (bicyclic) bond motifs is 1. The second-order valence-corrected chi connectivity index (χ2v) is 6.37. The molecule has 2 heterocycles. The summed E-state index contributed by atoms with van der Waals surface area (Å²) in [5, 5.41) is 11.2. The Morgan fingerprint density at radius 2 is 2.26 bits per heavy atom. The van der Waals surface area contributed by atoms with Gasteiger partial charge in [-0.05, 0) is 45.1 Å². The molecule has 124 valence electrons.